The Labute approximate surface area is 100 Å². The Kier molecular flexibility index (Phi) is 3.02. The third-order valence-electron chi connectivity index (χ3n) is 1.79. The number of hydrogen-bond acceptors (Lipinski definition) is 4. The number of nitrogens with zero attached hydrogens (tertiary/aromatic N) is 2. The van der Waals surface area contributed by atoms with Crippen molar-refractivity contribution in [2.45, 2.75) is 13.8 Å². The van der Waals surface area contributed by atoms with Crippen molar-refractivity contribution in [1.82, 2.24) is 10.2 Å². The number of aromatic nitrogens is 2. The molecule has 0 unspecified atom stereocenters. The van der Waals surface area contributed by atoms with E-state index in [0.717, 1.165) is 15.2 Å². The molecule has 0 atom stereocenters. The lowest BCUT2D eigenvalue weighted by Gasteiger charge is -2.04. The summed E-state index contributed by atoms with van der Waals surface area (Å²) in [4.78, 5) is 0. The van der Waals surface area contributed by atoms with Gasteiger partial charge >= 0.3 is 0 Å². The predicted molar refractivity (Wildman–Crippen MR) is 63.6 cm³/mol. The molecule has 0 amide bonds. The molecule has 0 spiro atoms. The fourth-order valence-corrected chi connectivity index (χ4v) is 2.22. The Hall–Kier alpha value is -0.940. The number of benzene rings is 1. The van der Waals surface area contributed by atoms with Crippen LogP contribution in [-0.4, -0.2) is 10.2 Å². The Balaban J connectivity index is 2.24. The van der Waals surface area contributed by atoms with Crippen LogP contribution in [0.3, 0.4) is 0 Å². The smallest absolute Gasteiger partial charge is 0.299 e. The highest BCUT2D eigenvalue weighted by atomic mass is 79.9. The molecular formula is C10H9BrN2OS. The van der Waals surface area contributed by atoms with Crippen LogP contribution in [-0.2, 0) is 0 Å². The van der Waals surface area contributed by atoms with Gasteiger partial charge in [0.15, 0.2) is 0 Å². The summed E-state index contributed by atoms with van der Waals surface area (Å²) in [6.45, 7) is 3.93. The van der Waals surface area contributed by atoms with Gasteiger partial charge in [-0.15, -0.1) is 5.10 Å². The van der Waals surface area contributed by atoms with Crippen LogP contribution >= 0.6 is 27.3 Å². The van der Waals surface area contributed by atoms with E-state index in [9.17, 15) is 0 Å². The van der Waals surface area contributed by atoms with Gasteiger partial charge in [0.25, 0.3) is 5.19 Å². The van der Waals surface area contributed by atoms with Crippen molar-refractivity contribution >= 4 is 27.3 Å². The lowest BCUT2D eigenvalue weighted by molar-refractivity contribution is 0.470. The van der Waals surface area contributed by atoms with Crippen molar-refractivity contribution in [3.05, 3.63) is 33.2 Å². The molecule has 0 fully saturated rings. The third-order valence-corrected chi connectivity index (χ3v) is 3.13. The molecule has 0 aliphatic rings. The fraction of sp³-hybridized carbons (Fsp3) is 0.200. The van der Waals surface area contributed by atoms with Gasteiger partial charge in [0.05, 0.1) is 4.47 Å². The molecule has 0 radical (unpaired) electrons. The summed E-state index contributed by atoms with van der Waals surface area (Å²) < 4.78 is 6.51. The minimum Gasteiger partial charge on any atom is -0.429 e. The van der Waals surface area contributed by atoms with Crippen LogP contribution in [0.5, 0.6) is 10.9 Å². The predicted octanol–water partition coefficient (Wildman–Crippen LogP) is 3.71. The van der Waals surface area contributed by atoms with Crippen LogP contribution in [0.2, 0.25) is 0 Å². The van der Waals surface area contributed by atoms with Crippen LogP contribution in [0.25, 0.3) is 0 Å². The van der Waals surface area contributed by atoms with Crippen molar-refractivity contribution in [1.29, 1.82) is 0 Å². The second-order valence-corrected chi connectivity index (χ2v) is 5.12. The van der Waals surface area contributed by atoms with Gasteiger partial charge in [-0.25, -0.2) is 0 Å². The minimum absolute atomic E-state index is 0.567. The molecule has 1 aromatic heterocycles. The van der Waals surface area contributed by atoms with E-state index in [2.05, 4.69) is 26.1 Å². The summed E-state index contributed by atoms with van der Waals surface area (Å²) >= 11 is 4.87. The van der Waals surface area contributed by atoms with Crippen LogP contribution in [0.4, 0.5) is 0 Å². The van der Waals surface area contributed by atoms with Gasteiger partial charge in [0.1, 0.15) is 10.8 Å². The molecular weight excluding hydrogens is 276 g/mol. The second kappa shape index (κ2) is 4.28. The quantitative estimate of drug-likeness (QED) is 0.843. The molecule has 0 saturated heterocycles. The number of rotatable bonds is 2. The zero-order valence-electron chi connectivity index (χ0n) is 8.32. The lowest BCUT2D eigenvalue weighted by atomic mass is 10.2. The zero-order chi connectivity index (χ0) is 10.8. The highest BCUT2D eigenvalue weighted by molar-refractivity contribution is 9.10. The summed E-state index contributed by atoms with van der Waals surface area (Å²) in [6, 6.07) is 5.91. The molecule has 2 aromatic rings. The molecule has 0 N–H and O–H groups in total. The first kappa shape index (κ1) is 10.6. The van der Waals surface area contributed by atoms with Crippen molar-refractivity contribution in [2.75, 3.05) is 0 Å². The average Bonchev–Trinajstić information content (AvgIpc) is 2.56. The summed E-state index contributed by atoms with van der Waals surface area (Å²) in [6.07, 6.45) is 0. The molecule has 78 valence electrons. The molecule has 0 saturated carbocycles. The van der Waals surface area contributed by atoms with Crippen LogP contribution < -0.4 is 4.74 Å². The van der Waals surface area contributed by atoms with Gasteiger partial charge in [-0.3, -0.25) is 0 Å². The Morgan fingerprint density at radius 3 is 2.67 bits per heavy atom. The highest BCUT2D eigenvalue weighted by Crippen LogP contribution is 2.31. The van der Waals surface area contributed by atoms with Crippen LogP contribution in [0, 0.1) is 13.8 Å². The third kappa shape index (κ3) is 2.54. The maximum Gasteiger partial charge on any atom is 0.299 e. The van der Waals surface area contributed by atoms with E-state index in [1.54, 1.807) is 0 Å². The number of halogens is 1. The van der Waals surface area contributed by atoms with E-state index in [0.29, 0.717) is 5.19 Å². The maximum atomic E-state index is 5.58. The Morgan fingerprint density at radius 1 is 1.27 bits per heavy atom. The molecule has 1 aromatic carbocycles. The van der Waals surface area contributed by atoms with Crippen LogP contribution in [0.15, 0.2) is 22.7 Å². The van der Waals surface area contributed by atoms with Gasteiger partial charge in [0.2, 0.25) is 0 Å². The summed E-state index contributed by atoms with van der Waals surface area (Å²) in [5.74, 6) is 0.761. The first-order chi connectivity index (χ1) is 7.15. The molecule has 2 rings (SSSR count). The van der Waals surface area contributed by atoms with Gasteiger partial charge in [-0.2, -0.15) is 0 Å². The van der Waals surface area contributed by atoms with E-state index in [4.69, 9.17) is 4.74 Å². The van der Waals surface area contributed by atoms with E-state index in [1.807, 2.05) is 32.0 Å². The Morgan fingerprint density at radius 2 is 2.07 bits per heavy atom. The van der Waals surface area contributed by atoms with E-state index < -0.39 is 0 Å². The van der Waals surface area contributed by atoms with Gasteiger partial charge < -0.3 is 4.74 Å². The first-order valence-electron chi connectivity index (χ1n) is 4.39. The molecule has 15 heavy (non-hydrogen) atoms. The van der Waals surface area contributed by atoms with E-state index >= 15 is 0 Å². The maximum absolute atomic E-state index is 5.58. The Bertz CT molecular complexity index is 484. The van der Waals surface area contributed by atoms with Crippen LogP contribution in [0.1, 0.15) is 10.6 Å². The standard InChI is InChI=1S/C10H9BrN2OS/c1-6-3-4-9(8(11)5-6)14-10-13-12-7(2)15-10/h3-5H,1-2H3. The highest BCUT2D eigenvalue weighted by Gasteiger charge is 2.06. The summed E-state index contributed by atoms with van der Waals surface area (Å²) in [5.41, 5.74) is 1.18. The molecule has 5 heteroatoms. The van der Waals surface area contributed by atoms with E-state index in [-0.39, 0.29) is 0 Å². The fourth-order valence-electron chi connectivity index (χ4n) is 1.10. The number of hydrogen-bond donors (Lipinski definition) is 0. The molecule has 0 aliphatic carbocycles. The monoisotopic (exact) mass is 284 g/mol. The van der Waals surface area contributed by atoms with Gasteiger partial charge in [-0.1, -0.05) is 22.5 Å². The van der Waals surface area contributed by atoms with Crippen molar-refractivity contribution in [2.24, 2.45) is 0 Å². The van der Waals surface area contributed by atoms with Gasteiger partial charge in [0, 0.05) is 0 Å². The SMILES string of the molecule is Cc1ccc(Oc2nnc(C)s2)c(Br)c1. The molecule has 0 bridgehead atoms. The molecule has 1 heterocycles. The summed E-state index contributed by atoms with van der Waals surface area (Å²) in [5, 5.41) is 9.25. The lowest BCUT2D eigenvalue weighted by Crippen LogP contribution is -1.85. The first-order valence-corrected chi connectivity index (χ1v) is 6.00. The van der Waals surface area contributed by atoms with Crippen molar-refractivity contribution in [3.8, 4) is 10.9 Å². The van der Waals surface area contributed by atoms with Crippen molar-refractivity contribution < 1.29 is 4.74 Å². The van der Waals surface area contributed by atoms with Crippen molar-refractivity contribution in [3.63, 3.8) is 0 Å². The molecule has 3 nitrogen and oxygen atoms in total. The van der Waals surface area contributed by atoms with E-state index in [1.165, 1.54) is 16.9 Å². The molecule has 0 aliphatic heterocycles. The summed E-state index contributed by atoms with van der Waals surface area (Å²) in [7, 11) is 0. The van der Waals surface area contributed by atoms with Gasteiger partial charge in [-0.05, 0) is 47.5 Å². The largest absolute Gasteiger partial charge is 0.429 e. The normalized spacial score (nSPS) is 10.3. The number of aryl methyl sites for hydroxylation is 2. The zero-order valence-corrected chi connectivity index (χ0v) is 10.7. The topological polar surface area (TPSA) is 35.0 Å². The minimum atomic E-state index is 0.567. The number of ether oxygens (including phenoxy) is 1. The second-order valence-electron chi connectivity index (χ2n) is 3.12. The average molecular weight is 285 g/mol.